The largest absolute Gasteiger partial charge is 0.455 e. The van der Waals surface area contributed by atoms with Crippen LogP contribution in [0.4, 0.5) is 22.0 Å². The summed E-state index contributed by atoms with van der Waals surface area (Å²) in [4.78, 5) is 10.6. The van der Waals surface area contributed by atoms with Gasteiger partial charge in [-0.1, -0.05) is 6.08 Å². The molecule has 0 atom stereocenters. The molecule has 0 aliphatic carbocycles. The molecule has 0 amide bonds. The van der Waals surface area contributed by atoms with Crippen LogP contribution in [0.15, 0.2) is 24.5 Å². The summed E-state index contributed by atoms with van der Waals surface area (Å²) in [6, 6.07) is 0. The molecule has 0 aromatic rings. The van der Waals surface area contributed by atoms with Crippen LogP contribution in [0.25, 0.3) is 0 Å². The lowest BCUT2D eigenvalue weighted by atomic mass is 10.3. The van der Waals surface area contributed by atoms with E-state index >= 15 is 0 Å². The number of alkyl halides is 3. The highest BCUT2D eigenvalue weighted by Gasteiger charge is 2.41. The zero-order chi connectivity index (χ0) is 12.1. The Morgan fingerprint density at radius 3 is 2.20 bits per heavy atom. The minimum atomic E-state index is -5.37. The van der Waals surface area contributed by atoms with Crippen molar-refractivity contribution in [3.8, 4) is 0 Å². The molecule has 0 N–H and O–H groups in total. The SMILES string of the molecule is C=CCCC(=O)OC(=C(F)F)C(F)(F)F. The lowest BCUT2D eigenvalue weighted by molar-refractivity contribution is -0.162. The summed E-state index contributed by atoms with van der Waals surface area (Å²) < 4.78 is 62.4. The predicted molar refractivity (Wildman–Crippen MR) is 40.8 cm³/mol. The van der Waals surface area contributed by atoms with Crippen molar-refractivity contribution in [3.05, 3.63) is 24.5 Å². The summed E-state index contributed by atoms with van der Waals surface area (Å²) in [7, 11) is 0. The lowest BCUT2D eigenvalue weighted by Crippen LogP contribution is -2.19. The third kappa shape index (κ3) is 5.14. The van der Waals surface area contributed by atoms with Crippen LogP contribution in [0.1, 0.15) is 12.8 Å². The molecule has 0 aromatic carbocycles. The van der Waals surface area contributed by atoms with Gasteiger partial charge in [0.15, 0.2) is 0 Å². The molecular formula is C8H7F5O2. The molecule has 86 valence electrons. The molecule has 0 rings (SSSR count). The highest BCUT2D eigenvalue weighted by molar-refractivity contribution is 5.70. The highest BCUT2D eigenvalue weighted by atomic mass is 19.4. The molecule has 15 heavy (non-hydrogen) atoms. The fourth-order valence-corrected chi connectivity index (χ4v) is 0.588. The van der Waals surface area contributed by atoms with Gasteiger partial charge in [-0.15, -0.1) is 6.58 Å². The van der Waals surface area contributed by atoms with Crippen LogP contribution < -0.4 is 0 Å². The van der Waals surface area contributed by atoms with E-state index in [1.807, 2.05) is 0 Å². The second kappa shape index (κ2) is 5.47. The third-order valence-corrected chi connectivity index (χ3v) is 1.20. The van der Waals surface area contributed by atoms with Crippen LogP contribution in [0, 0.1) is 0 Å². The Balaban J connectivity index is 4.53. The fourth-order valence-electron chi connectivity index (χ4n) is 0.588. The van der Waals surface area contributed by atoms with Gasteiger partial charge in [-0.3, -0.25) is 4.79 Å². The third-order valence-electron chi connectivity index (χ3n) is 1.20. The Labute approximate surface area is 82.0 Å². The van der Waals surface area contributed by atoms with E-state index in [-0.39, 0.29) is 6.42 Å². The summed E-state index contributed by atoms with van der Waals surface area (Å²) in [6.45, 7) is 3.21. The van der Waals surface area contributed by atoms with E-state index in [4.69, 9.17) is 0 Å². The van der Waals surface area contributed by atoms with Crippen LogP contribution in [0.2, 0.25) is 0 Å². The minimum Gasteiger partial charge on any atom is -0.415 e. The van der Waals surface area contributed by atoms with Gasteiger partial charge in [0.25, 0.3) is 5.76 Å². The number of allylic oxidation sites excluding steroid dienone is 2. The van der Waals surface area contributed by atoms with Crippen LogP contribution in [0.3, 0.4) is 0 Å². The first-order valence-corrected chi connectivity index (χ1v) is 3.73. The van der Waals surface area contributed by atoms with Crippen LogP contribution >= 0.6 is 0 Å². The molecule has 0 spiro atoms. The van der Waals surface area contributed by atoms with Gasteiger partial charge in [0.05, 0.1) is 0 Å². The topological polar surface area (TPSA) is 26.3 Å². The molecule has 0 fully saturated rings. The Kier molecular flexibility index (Phi) is 4.96. The minimum absolute atomic E-state index is 0.0534. The molecule has 2 nitrogen and oxygen atoms in total. The van der Waals surface area contributed by atoms with Gasteiger partial charge < -0.3 is 4.74 Å². The average molecular weight is 230 g/mol. The van der Waals surface area contributed by atoms with Crippen molar-refractivity contribution in [2.24, 2.45) is 0 Å². The number of esters is 1. The molecule has 0 bridgehead atoms. The summed E-state index contributed by atoms with van der Waals surface area (Å²) in [5.41, 5.74) is 0. The zero-order valence-electron chi connectivity index (χ0n) is 7.40. The van der Waals surface area contributed by atoms with Crippen LogP contribution in [-0.4, -0.2) is 12.1 Å². The smallest absolute Gasteiger partial charge is 0.415 e. The summed E-state index contributed by atoms with van der Waals surface area (Å²) in [6.07, 6.45) is -7.57. The molecule has 0 aromatic heterocycles. The molecule has 0 saturated carbocycles. The van der Waals surface area contributed by atoms with Gasteiger partial charge >= 0.3 is 18.2 Å². The second-order valence-corrected chi connectivity index (χ2v) is 2.39. The maximum atomic E-state index is 11.8. The maximum absolute atomic E-state index is 11.8. The normalized spacial score (nSPS) is 10.7. The molecule has 0 heterocycles. The van der Waals surface area contributed by atoms with E-state index in [0.29, 0.717) is 0 Å². The van der Waals surface area contributed by atoms with E-state index in [1.54, 1.807) is 0 Å². The number of hydrogen-bond donors (Lipinski definition) is 0. The number of hydrogen-bond acceptors (Lipinski definition) is 2. The molecule has 0 aliphatic rings. The number of halogens is 5. The Bertz CT molecular complexity index is 275. The number of carbonyl (C=O) groups is 1. The quantitative estimate of drug-likeness (QED) is 0.321. The van der Waals surface area contributed by atoms with Gasteiger partial charge in [0, 0.05) is 6.42 Å². The number of carbonyl (C=O) groups excluding carboxylic acids is 1. The van der Waals surface area contributed by atoms with Crippen molar-refractivity contribution in [3.63, 3.8) is 0 Å². The van der Waals surface area contributed by atoms with Gasteiger partial charge in [-0.25, -0.2) is 0 Å². The summed E-state index contributed by atoms with van der Waals surface area (Å²) in [5.74, 6) is -3.94. The van der Waals surface area contributed by atoms with Crippen molar-refractivity contribution in [1.82, 2.24) is 0 Å². The predicted octanol–water partition coefficient (Wildman–Crippen LogP) is 3.17. The Morgan fingerprint density at radius 2 is 1.87 bits per heavy atom. The van der Waals surface area contributed by atoms with Crippen molar-refractivity contribution in [2.45, 2.75) is 19.0 Å². The van der Waals surface area contributed by atoms with E-state index in [1.165, 1.54) is 6.08 Å². The van der Waals surface area contributed by atoms with E-state index in [2.05, 4.69) is 11.3 Å². The first kappa shape index (κ1) is 13.6. The van der Waals surface area contributed by atoms with E-state index in [0.717, 1.165) is 0 Å². The maximum Gasteiger partial charge on any atom is 0.455 e. The lowest BCUT2D eigenvalue weighted by Gasteiger charge is -2.09. The standard InChI is InChI=1S/C8H7F5O2/c1-2-3-4-5(14)15-6(7(9)10)8(11,12)13/h2H,1,3-4H2. The van der Waals surface area contributed by atoms with Crippen molar-refractivity contribution >= 4 is 5.97 Å². The van der Waals surface area contributed by atoms with Gasteiger partial charge in [0.2, 0.25) is 0 Å². The Hall–Kier alpha value is -1.40. The van der Waals surface area contributed by atoms with Crippen LogP contribution in [0.5, 0.6) is 0 Å². The molecule has 0 unspecified atom stereocenters. The van der Waals surface area contributed by atoms with Gasteiger partial charge in [-0.2, -0.15) is 22.0 Å². The summed E-state index contributed by atoms with van der Waals surface area (Å²) in [5, 5.41) is 0. The van der Waals surface area contributed by atoms with E-state index in [9.17, 15) is 26.7 Å². The van der Waals surface area contributed by atoms with Gasteiger partial charge in [-0.05, 0) is 6.42 Å². The Morgan fingerprint density at radius 1 is 1.33 bits per heavy atom. The molecule has 0 radical (unpaired) electrons. The van der Waals surface area contributed by atoms with Crippen molar-refractivity contribution in [2.75, 3.05) is 0 Å². The number of ether oxygens (including phenoxy) is 1. The van der Waals surface area contributed by atoms with Crippen LogP contribution in [-0.2, 0) is 9.53 Å². The molecule has 0 aliphatic heterocycles. The van der Waals surface area contributed by atoms with Gasteiger partial charge in [0.1, 0.15) is 0 Å². The first-order chi connectivity index (χ1) is 6.79. The molecular weight excluding hydrogens is 223 g/mol. The molecule has 0 saturated heterocycles. The average Bonchev–Trinajstić information content (AvgIpc) is 2.08. The second-order valence-electron chi connectivity index (χ2n) is 2.39. The van der Waals surface area contributed by atoms with Crippen molar-refractivity contribution in [1.29, 1.82) is 0 Å². The summed E-state index contributed by atoms with van der Waals surface area (Å²) >= 11 is 0. The van der Waals surface area contributed by atoms with E-state index < -0.39 is 30.4 Å². The highest BCUT2D eigenvalue weighted by Crippen LogP contribution is 2.30. The fraction of sp³-hybridized carbons (Fsp3) is 0.375. The van der Waals surface area contributed by atoms with Crippen molar-refractivity contribution < 1.29 is 31.5 Å². The zero-order valence-corrected chi connectivity index (χ0v) is 7.40. The monoisotopic (exact) mass is 230 g/mol. The first-order valence-electron chi connectivity index (χ1n) is 3.73. The molecule has 7 heteroatoms. The number of rotatable bonds is 4.